The van der Waals surface area contributed by atoms with Gasteiger partial charge in [0.15, 0.2) is 0 Å². The van der Waals surface area contributed by atoms with Crippen molar-refractivity contribution in [2.75, 3.05) is 6.54 Å². The summed E-state index contributed by atoms with van der Waals surface area (Å²) in [5.41, 5.74) is 0.561. The van der Waals surface area contributed by atoms with Crippen LogP contribution in [0.3, 0.4) is 0 Å². The number of rotatable bonds is 1. The molecule has 0 radical (unpaired) electrons. The Morgan fingerprint density at radius 2 is 2.05 bits per heavy atom. The van der Waals surface area contributed by atoms with Crippen LogP contribution in [0.5, 0.6) is 5.75 Å². The zero-order valence-electron chi connectivity index (χ0n) is 10.4. The molecule has 0 unspecified atom stereocenters. The number of carbonyl (C=O) groups excluding carboxylic acids is 2. The van der Waals surface area contributed by atoms with Crippen molar-refractivity contribution in [2.24, 2.45) is 0 Å². The van der Waals surface area contributed by atoms with Crippen molar-refractivity contribution in [3.63, 3.8) is 0 Å². The largest absolute Gasteiger partial charge is 0.508 e. The fraction of sp³-hybridized carbons (Fsp3) is 0.385. The van der Waals surface area contributed by atoms with E-state index < -0.39 is 6.04 Å². The van der Waals surface area contributed by atoms with E-state index in [2.05, 4.69) is 5.32 Å². The van der Waals surface area contributed by atoms with Crippen molar-refractivity contribution in [2.45, 2.75) is 24.8 Å². The lowest BCUT2D eigenvalue weighted by Crippen LogP contribution is -2.41. The van der Waals surface area contributed by atoms with Gasteiger partial charge in [-0.2, -0.15) is 0 Å². The molecular weight excluding hydrogens is 303 g/mol. The van der Waals surface area contributed by atoms with E-state index in [0.29, 0.717) is 35.0 Å². The molecule has 2 aliphatic rings. The number of nitrogens with zero attached hydrogens (tertiary/aromatic N) is 1. The van der Waals surface area contributed by atoms with Crippen LogP contribution in [0, 0.1) is 0 Å². The number of aromatic hydroxyl groups is 1. The first-order chi connectivity index (χ1) is 9.49. The molecule has 2 N–H and O–H groups in total. The molecule has 5 nitrogen and oxygen atoms in total. The third-order valence-electron chi connectivity index (χ3n) is 3.91. The van der Waals surface area contributed by atoms with Gasteiger partial charge in [0, 0.05) is 12.1 Å². The average Bonchev–Trinajstić information content (AvgIpc) is 2.70. The molecule has 7 heteroatoms. The van der Waals surface area contributed by atoms with Gasteiger partial charge in [-0.25, -0.2) is 4.79 Å². The van der Waals surface area contributed by atoms with Crippen molar-refractivity contribution in [1.29, 1.82) is 0 Å². The van der Waals surface area contributed by atoms with Crippen LogP contribution in [0.15, 0.2) is 12.1 Å². The average molecular weight is 315 g/mol. The maximum atomic E-state index is 11.7. The number of carbonyl (C=O) groups is 2. The van der Waals surface area contributed by atoms with E-state index in [1.165, 1.54) is 17.0 Å². The Kier molecular flexibility index (Phi) is 3.26. The highest BCUT2D eigenvalue weighted by molar-refractivity contribution is 6.42. The number of phenols is 1. The predicted octanol–water partition coefficient (Wildman–Crippen LogP) is 2.50. The van der Waals surface area contributed by atoms with Crippen LogP contribution in [0.25, 0.3) is 0 Å². The highest BCUT2D eigenvalue weighted by Crippen LogP contribution is 2.43. The summed E-state index contributed by atoms with van der Waals surface area (Å²) in [6, 6.07) is 2.19. The number of fused-ring (bicyclic) bond motifs is 1. The van der Waals surface area contributed by atoms with Gasteiger partial charge in [-0.05, 0) is 30.9 Å². The lowest BCUT2D eigenvalue weighted by Gasteiger charge is -2.33. The number of urea groups is 1. The number of hydrogen-bond donors (Lipinski definition) is 2. The molecule has 0 aromatic heterocycles. The van der Waals surface area contributed by atoms with Crippen molar-refractivity contribution in [3.8, 4) is 5.75 Å². The third-order valence-corrected chi connectivity index (χ3v) is 4.73. The number of benzene rings is 1. The number of halogens is 2. The summed E-state index contributed by atoms with van der Waals surface area (Å²) >= 11 is 12.1. The van der Waals surface area contributed by atoms with E-state index in [1.54, 1.807) is 0 Å². The van der Waals surface area contributed by atoms with Gasteiger partial charge in [0.05, 0.1) is 10.0 Å². The maximum absolute atomic E-state index is 11.7. The second-order valence-corrected chi connectivity index (χ2v) is 5.80. The first-order valence-corrected chi connectivity index (χ1v) is 7.03. The van der Waals surface area contributed by atoms with Crippen molar-refractivity contribution in [3.05, 3.63) is 27.7 Å². The van der Waals surface area contributed by atoms with Gasteiger partial charge in [-0.15, -0.1) is 0 Å². The lowest BCUT2D eigenvalue weighted by molar-refractivity contribution is -0.122. The smallest absolute Gasteiger partial charge is 0.324 e. The van der Waals surface area contributed by atoms with Crippen LogP contribution < -0.4 is 5.32 Å². The van der Waals surface area contributed by atoms with Crippen molar-refractivity contribution >= 4 is 35.1 Å². The van der Waals surface area contributed by atoms with Gasteiger partial charge in [-0.3, -0.25) is 10.1 Å². The Hall–Kier alpha value is -1.46. The molecule has 0 aliphatic carbocycles. The molecule has 2 fully saturated rings. The molecular formula is C13H12Cl2N2O3. The molecule has 2 aliphatic heterocycles. The molecule has 3 rings (SSSR count). The topological polar surface area (TPSA) is 69.6 Å². The highest BCUT2D eigenvalue weighted by Gasteiger charge is 2.43. The minimum atomic E-state index is -0.490. The van der Waals surface area contributed by atoms with Gasteiger partial charge in [0.2, 0.25) is 0 Å². The molecule has 0 spiro atoms. The second kappa shape index (κ2) is 4.82. The van der Waals surface area contributed by atoms with Crippen LogP contribution in [0.4, 0.5) is 4.79 Å². The van der Waals surface area contributed by atoms with Crippen molar-refractivity contribution < 1.29 is 14.7 Å². The van der Waals surface area contributed by atoms with E-state index >= 15 is 0 Å². The number of nitrogens with one attached hydrogen (secondary N) is 1. The number of amides is 3. The number of piperidine rings is 1. The summed E-state index contributed by atoms with van der Waals surface area (Å²) in [5, 5.41) is 13.0. The summed E-state index contributed by atoms with van der Waals surface area (Å²) in [6.45, 7) is 0.454. The van der Waals surface area contributed by atoms with E-state index in [4.69, 9.17) is 23.2 Å². The van der Waals surface area contributed by atoms with E-state index in [1.807, 2.05) is 0 Å². The highest BCUT2D eigenvalue weighted by atomic mass is 35.5. The van der Waals surface area contributed by atoms with Gasteiger partial charge >= 0.3 is 6.03 Å². The van der Waals surface area contributed by atoms with Crippen LogP contribution >= 0.6 is 23.2 Å². The van der Waals surface area contributed by atoms with Gasteiger partial charge in [0.1, 0.15) is 11.8 Å². The van der Waals surface area contributed by atoms with Gasteiger partial charge in [-0.1, -0.05) is 23.2 Å². The second-order valence-electron chi connectivity index (χ2n) is 5.02. The quantitative estimate of drug-likeness (QED) is 0.782. The Balaban J connectivity index is 1.92. The van der Waals surface area contributed by atoms with E-state index in [0.717, 1.165) is 0 Å². The van der Waals surface area contributed by atoms with Crippen LogP contribution in [0.1, 0.15) is 24.3 Å². The fourth-order valence-electron chi connectivity index (χ4n) is 2.92. The summed E-state index contributed by atoms with van der Waals surface area (Å²) in [5.74, 6) is -0.320. The molecule has 1 aromatic carbocycles. The fourth-order valence-corrected chi connectivity index (χ4v) is 3.40. The molecule has 0 saturated carbocycles. The molecule has 20 heavy (non-hydrogen) atoms. The monoisotopic (exact) mass is 314 g/mol. The summed E-state index contributed by atoms with van der Waals surface area (Å²) < 4.78 is 0. The van der Waals surface area contributed by atoms with Crippen LogP contribution in [-0.4, -0.2) is 34.5 Å². The first-order valence-electron chi connectivity index (χ1n) is 6.27. The molecule has 3 amide bonds. The Labute approximate surface area is 125 Å². The molecule has 2 atom stereocenters. The zero-order valence-corrected chi connectivity index (χ0v) is 11.9. The SMILES string of the molecule is O=C1NC(=O)N2CC[C@@H](c3c(O)ccc(Cl)c3Cl)C[C@@H]12. The zero-order chi connectivity index (χ0) is 14.4. The maximum Gasteiger partial charge on any atom is 0.324 e. The lowest BCUT2D eigenvalue weighted by atomic mass is 9.85. The predicted molar refractivity (Wildman–Crippen MR) is 74.1 cm³/mol. The van der Waals surface area contributed by atoms with E-state index in [9.17, 15) is 14.7 Å². The molecule has 106 valence electrons. The third kappa shape index (κ3) is 2.01. The van der Waals surface area contributed by atoms with Gasteiger partial charge in [0.25, 0.3) is 5.91 Å². The normalized spacial score (nSPS) is 25.6. The first kappa shape index (κ1) is 13.5. The van der Waals surface area contributed by atoms with Gasteiger partial charge < -0.3 is 10.0 Å². The Bertz CT molecular complexity index is 606. The number of phenolic OH excluding ortho intramolecular Hbond substituents is 1. The Morgan fingerprint density at radius 3 is 2.80 bits per heavy atom. The summed E-state index contributed by atoms with van der Waals surface area (Å²) in [6.07, 6.45) is 1.07. The van der Waals surface area contributed by atoms with E-state index in [-0.39, 0.29) is 23.6 Å². The minimum absolute atomic E-state index is 0.0718. The molecule has 1 aromatic rings. The molecule has 2 heterocycles. The number of hydrogen-bond acceptors (Lipinski definition) is 3. The van der Waals surface area contributed by atoms with Crippen LogP contribution in [-0.2, 0) is 4.79 Å². The molecule has 0 bridgehead atoms. The van der Waals surface area contributed by atoms with Crippen molar-refractivity contribution in [1.82, 2.24) is 10.2 Å². The summed E-state index contributed by atoms with van der Waals surface area (Å²) in [4.78, 5) is 24.8. The Morgan fingerprint density at radius 1 is 1.30 bits per heavy atom. The van der Waals surface area contributed by atoms with Crippen LogP contribution in [0.2, 0.25) is 10.0 Å². The number of imide groups is 1. The molecule has 2 saturated heterocycles. The summed E-state index contributed by atoms with van der Waals surface area (Å²) in [7, 11) is 0. The minimum Gasteiger partial charge on any atom is -0.508 e. The standard InChI is InChI=1S/C13H12Cl2N2O3/c14-7-1-2-9(18)10(11(7)15)6-3-4-17-8(5-6)12(19)16-13(17)20/h1-2,6,8,18H,3-5H2,(H,16,19,20)/t6-,8+/m1/s1.